The lowest BCUT2D eigenvalue weighted by molar-refractivity contribution is 0.261. The maximum Gasteiger partial charge on any atom is 0.324 e. The minimum absolute atomic E-state index is 0.0429. The summed E-state index contributed by atoms with van der Waals surface area (Å²) in [6.45, 7) is 12.1. The van der Waals surface area contributed by atoms with E-state index in [-0.39, 0.29) is 62.0 Å². The van der Waals surface area contributed by atoms with Crippen molar-refractivity contribution in [1.82, 2.24) is 49.5 Å². The Hall–Kier alpha value is -10.1. The quantitative estimate of drug-likeness (QED) is 0.0748. The highest BCUT2D eigenvalue weighted by Crippen LogP contribution is 2.32. The van der Waals surface area contributed by atoms with Crippen LogP contribution in [0.1, 0.15) is 52.9 Å². The first-order valence-electron chi connectivity index (χ1n) is 23.5. The topological polar surface area (TPSA) is 254 Å². The molecule has 6 heterocycles. The van der Waals surface area contributed by atoms with Crippen molar-refractivity contribution in [3.63, 3.8) is 0 Å². The highest BCUT2D eigenvalue weighted by atomic mass is 19.1. The molecular formula is C54H48F2N14O6. The summed E-state index contributed by atoms with van der Waals surface area (Å²) in [4.78, 5) is 70.1. The summed E-state index contributed by atoms with van der Waals surface area (Å²) in [6.07, 6.45) is 5.13. The number of H-pyrrole nitrogens is 2. The van der Waals surface area contributed by atoms with Crippen molar-refractivity contribution >= 4 is 57.4 Å². The van der Waals surface area contributed by atoms with Crippen LogP contribution in [0.3, 0.4) is 0 Å². The maximum atomic E-state index is 14.9. The highest BCUT2D eigenvalue weighted by molar-refractivity contribution is 6.00. The molecule has 6 aromatic heterocycles. The van der Waals surface area contributed by atoms with Gasteiger partial charge in [0.05, 0.1) is 46.5 Å². The molecule has 0 saturated heterocycles. The van der Waals surface area contributed by atoms with Gasteiger partial charge in [0, 0.05) is 59.6 Å². The Balaban J connectivity index is 0.000000186. The third-order valence-electron chi connectivity index (χ3n) is 11.2. The fraction of sp³-hybridized carbons (Fsp3) is 0.148. The molecule has 0 fully saturated rings. The Kier molecular flexibility index (Phi) is 14.1. The van der Waals surface area contributed by atoms with Crippen molar-refractivity contribution < 1.29 is 27.8 Å². The molecule has 0 aliphatic rings. The number of anilines is 4. The summed E-state index contributed by atoms with van der Waals surface area (Å²) in [5, 5.41) is 19.9. The summed E-state index contributed by atoms with van der Waals surface area (Å²) in [7, 11) is 0. The second-order valence-corrected chi connectivity index (χ2v) is 19.0. The Bertz CT molecular complexity index is 3890. The van der Waals surface area contributed by atoms with Crippen LogP contribution in [0.15, 0.2) is 156 Å². The second-order valence-electron chi connectivity index (χ2n) is 19.0. The van der Waals surface area contributed by atoms with Gasteiger partial charge in [-0.25, -0.2) is 47.7 Å². The van der Waals surface area contributed by atoms with Crippen LogP contribution >= 0.6 is 0 Å². The SMILES string of the molecule is CC(C)(C)c1cc(NC(=O)Nc2ccc(Oc3ccnc4[nH]c(=O)cnc34)cc2F)n(-c2ccccc2)n1.CC(C)(C)c1cc(NC(=O)Nc2ccc(Oc3ccnc4ncc(=O)[nH]c34)cc2F)n(-c2ccccc2)n1. The van der Waals surface area contributed by atoms with E-state index in [0.29, 0.717) is 17.2 Å². The third kappa shape index (κ3) is 11.9. The van der Waals surface area contributed by atoms with Gasteiger partial charge in [-0.1, -0.05) is 77.9 Å². The van der Waals surface area contributed by atoms with E-state index < -0.39 is 34.8 Å². The summed E-state index contributed by atoms with van der Waals surface area (Å²) < 4.78 is 44.6. The molecule has 0 unspecified atom stereocenters. The fourth-order valence-electron chi connectivity index (χ4n) is 7.34. The lowest BCUT2D eigenvalue weighted by Gasteiger charge is -2.14. The zero-order valence-electron chi connectivity index (χ0n) is 41.6. The van der Waals surface area contributed by atoms with Crippen molar-refractivity contribution in [1.29, 1.82) is 0 Å². The summed E-state index contributed by atoms with van der Waals surface area (Å²) in [6, 6.07) is 32.2. The molecule has 0 atom stereocenters. The summed E-state index contributed by atoms with van der Waals surface area (Å²) in [5.41, 5.74) is 2.82. The largest absolute Gasteiger partial charge is 0.455 e. The first-order valence-corrected chi connectivity index (χ1v) is 23.5. The second kappa shape index (κ2) is 21.2. The molecule has 384 valence electrons. The number of hydrogen-bond acceptors (Lipinski definition) is 12. The number of benzene rings is 4. The molecule has 4 aromatic carbocycles. The first-order chi connectivity index (χ1) is 36.3. The minimum atomic E-state index is -0.713. The van der Waals surface area contributed by atoms with Gasteiger partial charge in [-0.3, -0.25) is 20.2 Å². The Morgan fingerprint density at radius 3 is 1.53 bits per heavy atom. The number of carbonyl (C=O) groups excluding carboxylic acids is 2. The molecule has 10 rings (SSSR count). The van der Waals surface area contributed by atoms with Gasteiger partial charge in [0.1, 0.15) is 45.8 Å². The average molecular weight is 1030 g/mol. The van der Waals surface area contributed by atoms with E-state index in [1.54, 1.807) is 27.6 Å². The van der Waals surface area contributed by atoms with Crippen LogP contribution in [-0.2, 0) is 10.8 Å². The molecule has 6 N–H and O–H groups in total. The monoisotopic (exact) mass is 1030 g/mol. The van der Waals surface area contributed by atoms with Gasteiger partial charge < -0.3 is 30.1 Å². The van der Waals surface area contributed by atoms with Gasteiger partial charge >= 0.3 is 12.1 Å². The van der Waals surface area contributed by atoms with Gasteiger partial charge in [0.25, 0.3) is 11.1 Å². The number of hydrogen-bond donors (Lipinski definition) is 6. The minimum Gasteiger partial charge on any atom is -0.455 e. The molecule has 76 heavy (non-hydrogen) atoms. The van der Waals surface area contributed by atoms with Gasteiger partial charge in [-0.05, 0) is 48.5 Å². The number of rotatable bonds is 10. The predicted octanol–water partition coefficient (Wildman–Crippen LogP) is 10.8. The van der Waals surface area contributed by atoms with Gasteiger partial charge in [0.2, 0.25) is 0 Å². The van der Waals surface area contributed by atoms with Crippen molar-refractivity contribution in [3.8, 4) is 34.4 Å². The van der Waals surface area contributed by atoms with Crippen molar-refractivity contribution in [2.24, 2.45) is 0 Å². The van der Waals surface area contributed by atoms with E-state index in [0.717, 1.165) is 47.3 Å². The van der Waals surface area contributed by atoms with E-state index >= 15 is 0 Å². The number of carbonyl (C=O) groups is 2. The van der Waals surface area contributed by atoms with Crippen molar-refractivity contribution in [2.75, 3.05) is 21.3 Å². The highest BCUT2D eigenvalue weighted by Gasteiger charge is 2.24. The zero-order chi connectivity index (χ0) is 53.7. The number of fused-ring (bicyclic) bond motifs is 2. The molecule has 22 heteroatoms. The number of halogens is 2. The molecular weight excluding hydrogens is 979 g/mol. The van der Waals surface area contributed by atoms with Gasteiger partial charge in [-0.2, -0.15) is 10.2 Å². The van der Waals surface area contributed by atoms with Crippen LogP contribution in [0.25, 0.3) is 33.7 Å². The van der Waals surface area contributed by atoms with Crippen LogP contribution in [-0.4, -0.2) is 61.5 Å². The van der Waals surface area contributed by atoms with Crippen molar-refractivity contribution in [3.05, 3.63) is 190 Å². The van der Waals surface area contributed by atoms with Crippen molar-refractivity contribution in [2.45, 2.75) is 52.4 Å². The number of pyridine rings is 2. The fourth-order valence-corrected chi connectivity index (χ4v) is 7.34. The van der Waals surface area contributed by atoms with E-state index in [4.69, 9.17) is 9.47 Å². The lowest BCUT2D eigenvalue weighted by atomic mass is 9.92. The van der Waals surface area contributed by atoms with E-state index in [2.05, 4.69) is 61.4 Å². The number of para-hydroxylation sites is 2. The molecule has 10 aromatic rings. The van der Waals surface area contributed by atoms with Gasteiger partial charge in [0.15, 0.2) is 22.8 Å². The molecule has 0 radical (unpaired) electrons. The number of nitrogens with one attached hydrogen (secondary N) is 6. The predicted molar refractivity (Wildman–Crippen MR) is 283 cm³/mol. The normalized spacial score (nSPS) is 11.4. The third-order valence-corrected chi connectivity index (χ3v) is 11.2. The number of aromatic nitrogens is 10. The van der Waals surface area contributed by atoms with Crippen LogP contribution in [0.2, 0.25) is 0 Å². The van der Waals surface area contributed by atoms with Gasteiger partial charge in [-0.15, -0.1) is 0 Å². The molecule has 4 amide bonds. The molecule has 0 bridgehead atoms. The number of urea groups is 2. The maximum absolute atomic E-state index is 14.9. The Morgan fingerprint density at radius 2 is 1.01 bits per heavy atom. The molecule has 20 nitrogen and oxygen atoms in total. The Morgan fingerprint density at radius 1 is 0.539 bits per heavy atom. The Labute approximate surface area is 431 Å². The summed E-state index contributed by atoms with van der Waals surface area (Å²) >= 11 is 0. The van der Waals surface area contributed by atoms with E-state index in [1.807, 2.05) is 102 Å². The molecule has 0 aliphatic carbocycles. The number of ether oxygens (including phenoxy) is 2. The van der Waals surface area contributed by atoms with E-state index in [9.17, 15) is 28.0 Å². The number of aromatic amines is 2. The molecule has 0 aliphatic heterocycles. The van der Waals surface area contributed by atoms with E-state index in [1.165, 1.54) is 42.7 Å². The number of nitrogens with zero attached hydrogens (tertiary/aromatic N) is 8. The average Bonchev–Trinajstić information content (AvgIpc) is 4.04. The van der Waals surface area contributed by atoms with Crippen LogP contribution in [0.5, 0.6) is 23.0 Å². The van der Waals surface area contributed by atoms with Crippen LogP contribution in [0.4, 0.5) is 41.4 Å². The lowest BCUT2D eigenvalue weighted by Crippen LogP contribution is -2.22. The standard InChI is InChI=1S/2C27H24FN7O3/c1-27(2,3)21-14-22(35(34-21)16-7-5-4-6-8-16)32-26(37)31-19-10-9-17(13-18(19)28)38-20-11-12-29-25-24(20)33-23(36)15-30-25;1-27(2,3)21-14-22(35(34-21)16-7-5-4-6-8-16)32-26(37)31-19-10-9-17(13-18(19)28)38-20-11-12-29-25-24(20)30-15-23(36)33-25/h4-15H,1-3H3,(H,33,36)(H2,31,32,37);4-15H,1-3H3,(H,29,33,36)(H2,31,32,37). The first kappa shape index (κ1) is 50.8. The van der Waals surface area contributed by atoms with Crippen LogP contribution in [0, 0.1) is 11.6 Å². The zero-order valence-corrected chi connectivity index (χ0v) is 41.6. The molecule has 0 spiro atoms. The summed E-state index contributed by atoms with van der Waals surface area (Å²) in [5.74, 6) is 0.322. The smallest absolute Gasteiger partial charge is 0.324 e. The molecule has 0 saturated carbocycles. The number of amides is 4. The van der Waals surface area contributed by atoms with Crippen LogP contribution < -0.4 is 41.9 Å².